The summed E-state index contributed by atoms with van der Waals surface area (Å²) in [5.74, 6) is 1.43. The van der Waals surface area contributed by atoms with E-state index in [1.807, 2.05) is 106 Å². The summed E-state index contributed by atoms with van der Waals surface area (Å²) in [5.41, 5.74) is 3.51. The second-order valence-electron chi connectivity index (χ2n) is 7.48. The van der Waals surface area contributed by atoms with Gasteiger partial charge in [0, 0.05) is 12.4 Å². The van der Waals surface area contributed by atoms with Crippen LogP contribution in [0.4, 0.5) is 0 Å². The molecule has 0 spiro atoms. The molecule has 36 heavy (non-hydrogen) atoms. The standard InChI is InChI=1S/2C13H10N4S/c2*18-13-16-15-12(11-8-4-5-9-14-11)17(13)10-6-2-1-3-7-10/h2*1-9H,(H,16,18). The minimum atomic E-state index is 0.557. The van der Waals surface area contributed by atoms with Gasteiger partial charge < -0.3 is 0 Å². The van der Waals surface area contributed by atoms with Crippen LogP contribution in [0, 0.1) is 9.54 Å². The number of aromatic amines is 2. The van der Waals surface area contributed by atoms with Crippen LogP contribution < -0.4 is 0 Å². The maximum absolute atomic E-state index is 5.27. The lowest BCUT2D eigenvalue weighted by atomic mass is 10.3. The van der Waals surface area contributed by atoms with Crippen molar-refractivity contribution in [3.05, 3.63) is 119 Å². The van der Waals surface area contributed by atoms with Crippen LogP contribution in [0.5, 0.6) is 0 Å². The third-order valence-corrected chi connectivity index (χ3v) is 5.71. The monoisotopic (exact) mass is 508 g/mol. The zero-order valence-electron chi connectivity index (χ0n) is 18.9. The van der Waals surface area contributed by atoms with E-state index in [2.05, 4.69) is 30.4 Å². The van der Waals surface area contributed by atoms with Crippen LogP contribution in [0.1, 0.15) is 0 Å². The van der Waals surface area contributed by atoms with Crippen molar-refractivity contribution >= 4 is 24.4 Å². The van der Waals surface area contributed by atoms with Gasteiger partial charge in [0.25, 0.3) is 0 Å². The molecular weight excluding hydrogens is 488 g/mol. The molecule has 0 saturated heterocycles. The Hall–Kier alpha value is -4.54. The molecule has 0 saturated carbocycles. The Bertz CT molecular complexity index is 1530. The van der Waals surface area contributed by atoms with E-state index in [1.165, 1.54) is 0 Å². The molecule has 0 aliphatic rings. The first-order chi connectivity index (χ1) is 17.7. The van der Waals surface area contributed by atoms with Gasteiger partial charge >= 0.3 is 0 Å². The largest absolute Gasteiger partial charge is 0.267 e. The Balaban J connectivity index is 0.000000148. The van der Waals surface area contributed by atoms with Gasteiger partial charge in [-0.05, 0) is 73.0 Å². The number of hydrogen-bond acceptors (Lipinski definition) is 6. The molecule has 0 aliphatic carbocycles. The Morgan fingerprint density at radius 1 is 0.500 bits per heavy atom. The highest BCUT2D eigenvalue weighted by atomic mass is 32.1. The lowest BCUT2D eigenvalue weighted by Gasteiger charge is -2.05. The maximum Gasteiger partial charge on any atom is 0.200 e. The van der Waals surface area contributed by atoms with Gasteiger partial charge in [0.05, 0.1) is 11.4 Å². The lowest BCUT2D eigenvalue weighted by molar-refractivity contribution is 1.03. The van der Waals surface area contributed by atoms with E-state index >= 15 is 0 Å². The van der Waals surface area contributed by atoms with Crippen LogP contribution in [-0.2, 0) is 0 Å². The van der Waals surface area contributed by atoms with E-state index in [0.717, 1.165) is 22.8 Å². The van der Waals surface area contributed by atoms with Gasteiger partial charge in [-0.2, -0.15) is 10.2 Å². The summed E-state index contributed by atoms with van der Waals surface area (Å²) in [6.07, 6.45) is 3.48. The minimum Gasteiger partial charge on any atom is -0.267 e. The summed E-state index contributed by atoms with van der Waals surface area (Å²) in [5, 5.41) is 14.1. The predicted octanol–water partition coefficient (Wildman–Crippen LogP) is 5.98. The van der Waals surface area contributed by atoms with Crippen molar-refractivity contribution < 1.29 is 0 Å². The Morgan fingerprint density at radius 3 is 1.25 bits per heavy atom. The van der Waals surface area contributed by atoms with E-state index in [4.69, 9.17) is 24.4 Å². The van der Waals surface area contributed by atoms with E-state index < -0.39 is 0 Å². The number of nitrogens with zero attached hydrogens (tertiary/aromatic N) is 6. The molecule has 0 bridgehead atoms. The number of rotatable bonds is 4. The Kier molecular flexibility index (Phi) is 6.97. The fourth-order valence-electron chi connectivity index (χ4n) is 3.56. The van der Waals surface area contributed by atoms with Crippen molar-refractivity contribution in [3.63, 3.8) is 0 Å². The summed E-state index contributed by atoms with van der Waals surface area (Å²) in [6.45, 7) is 0. The van der Waals surface area contributed by atoms with Gasteiger partial charge in [-0.3, -0.25) is 29.3 Å². The van der Waals surface area contributed by atoms with Gasteiger partial charge in [-0.25, -0.2) is 0 Å². The normalized spacial score (nSPS) is 10.4. The molecule has 4 aromatic heterocycles. The Morgan fingerprint density at radius 2 is 0.889 bits per heavy atom. The van der Waals surface area contributed by atoms with Gasteiger partial charge in [0.1, 0.15) is 11.4 Å². The van der Waals surface area contributed by atoms with E-state index in [1.54, 1.807) is 12.4 Å². The molecule has 0 radical (unpaired) electrons. The van der Waals surface area contributed by atoms with Gasteiger partial charge in [0.15, 0.2) is 21.2 Å². The number of pyridine rings is 2. The molecule has 0 fully saturated rings. The highest BCUT2D eigenvalue weighted by molar-refractivity contribution is 7.71. The molecule has 0 unspecified atom stereocenters. The molecule has 0 amide bonds. The van der Waals surface area contributed by atoms with Crippen molar-refractivity contribution in [2.24, 2.45) is 0 Å². The number of H-pyrrole nitrogens is 2. The average Bonchev–Trinajstić information content (AvgIpc) is 3.53. The summed E-state index contributed by atoms with van der Waals surface area (Å²) in [6, 6.07) is 31.1. The van der Waals surface area contributed by atoms with Gasteiger partial charge in [-0.1, -0.05) is 48.5 Å². The van der Waals surface area contributed by atoms with Gasteiger partial charge in [-0.15, -0.1) is 0 Å². The summed E-state index contributed by atoms with van der Waals surface area (Å²) in [4.78, 5) is 8.60. The SMILES string of the molecule is S=c1[nH]nc(-c2ccccn2)n1-c1ccccc1.S=c1[nH]nc(-c2ccccn2)n1-c1ccccc1. The van der Waals surface area contributed by atoms with Crippen molar-refractivity contribution in [2.45, 2.75) is 0 Å². The summed E-state index contributed by atoms with van der Waals surface area (Å²) >= 11 is 10.5. The maximum atomic E-state index is 5.27. The van der Waals surface area contributed by atoms with Gasteiger partial charge in [0.2, 0.25) is 0 Å². The smallest absolute Gasteiger partial charge is 0.200 e. The predicted molar refractivity (Wildman–Crippen MR) is 144 cm³/mol. The number of aromatic nitrogens is 8. The van der Waals surface area contributed by atoms with Crippen LogP contribution in [0.3, 0.4) is 0 Å². The molecule has 8 nitrogen and oxygen atoms in total. The number of para-hydroxylation sites is 2. The van der Waals surface area contributed by atoms with E-state index in [9.17, 15) is 0 Å². The molecule has 2 N–H and O–H groups in total. The second kappa shape index (κ2) is 10.8. The molecule has 6 rings (SSSR count). The zero-order chi connectivity index (χ0) is 24.7. The third kappa shape index (κ3) is 4.95. The fraction of sp³-hybridized carbons (Fsp3) is 0. The first-order valence-electron chi connectivity index (χ1n) is 11.0. The van der Waals surface area contributed by atoms with E-state index in [0.29, 0.717) is 21.2 Å². The first-order valence-corrected chi connectivity index (χ1v) is 11.8. The van der Waals surface area contributed by atoms with Crippen molar-refractivity contribution in [3.8, 4) is 34.4 Å². The third-order valence-electron chi connectivity index (χ3n) is 5.16. The topological polar surface area (TPSA) is 93.0 Å². The number of nitrogens with one attached hydrogen (secondary N) is 2. The molecule has 6 aromatic rings. The Labute approximate surface area is 217 Å². The summed E-state index contributed by atoms with van der Waals surface area (Å²) < 4.78 is 4.86. The molecule has 0 aliphatic heterocycles. The minimum absolute atomic E-state index is 0.557. The lowest BCUT2D eigenvalue weighted by Crippen LogP contribution is -1.98. The second-order valence-corrected chi connectivity index (χ2v) is 8.25. The highest BCUT2D eigenvalue weighted by Crippen LogP contribution is 2.20. The first kappa shape index (κ1) is 23.2. The van der Waals surface area contributed by atoms with Crippen molar-refractivity contribution in [1.29, 1.82) is 0 Å². The van der Waals surface area contributed by atoms with Crippen molar-refractivity contribution in [2.75, 3.05) is 0 Å². The highest BCUT2D eigenvalue weighted by Gasteiger charge is 2.11. The number of hydrogen-bond donors (Lipinski definition) is 2. The van der Waals surface area contributed by atoms with Crippen LogP contribution in [0.2, 0.25) is 0 Å². The zero-order valence-corrected chi connectivity index (χ0v) is 20.5. The molecular formula is C26H20N8S2. The van der Waals surface area contributed by atoms with Crippen LogP contribution in [0.25, 0.3) is 34.4 Å². The molecule has 10 heteroatoms. The van der Waals surface area contributed by atoms with Crippen LogP contribution >= 0.6 is 24.4 Å². The summed E-state index contributed by atoms with van der Waals surface area (Å²) in [7, 11) is 0. The fourth-order valence-corrected chi connectivity index (χ4v) is 4.04. The molecule has 4 heterocycles. The van der Waals surface area contributed by atoms with E-state index in [-0.39, 0.29) is 0 Å². The molecule has 2 aromatic carbocycles. The molecule has 0 atom stereocenters. The number of benzene rings is 2. The van der Waals surface area contributed by atoms with Crippen LogP contribution in [0.15, 0.2) is 109 Å². The quantitative estimate of drug-likeness (QED) is 0.284. The average molecular weight is 509 g/mol. The van der Waals surface area contributed by atoms with Crippen molar-refractivity contribution in [1.82, 2.24) is 39.5 Å². The van der Waals surface area contributed by atoms with Crippen LogP contribution in [-0.4, -0.2) is 39.5 Å². The molecule has 176 valence electrons.